The van der Waals surface area contributed by atoms with Gasteiger partial charge in [-0.25, -0.2) is 4.79 Å². The predicted octanol–water partition coefficient (Wildman–Crippen LogP) is 5.91. The summed E-state index contributed by atoms with van der Waals surface area (Å²) in [5, 5.41) is 0. The quantitative estimate of drug-likeness (QED) is 0.603. The Kier molecular flexibility index (Phi) is 4.98. The minimum atomic E-state index is -4.31. The van der Waals surface area contributed by atoms with E-state index in [9.17, 15) is 18.0 Å². The van der Waals surface area contributed by atoms with Gasteiger partial charge in [-0.1, -0.05) is 12.1 Å². The van der Waals surface area contributed by atoms with Crippen molar-refractivity contribution in [3.05, 3.63) is 34.9 Å². The van der Waals surface area contributed by atoms with Crippen molar-refractivity contribution in [3.63, 3.8) is 0 Å². The summed E-state index contributed by atoms with van der Waals surface area (Å²) in [5.41, 5.74) is 0.182. The molecule has 1 amide bonds. The van der Waals surface area contributed by atoms with Crippen molar-refractivity contribution in [1.29, 1.82) is 0 Å². The van der Waals surface area contributed by atoms with E-state index >= 15 is 0 Å². The fraction of sp³-hybridized carbons (Fsp3) is 0.667. The molecule has 1 spiro atoms. The predicted molar refractivity (Wildman–Crippen MR) is 97.6 cm³/mol. The molecule has 1 heterocycles. The van der Waals surface area contributed by atoms with Gasteiger partial charge < -0.3 is 9.64 Å². The van der Waals surface area contributed by atoms with Gasteiger partial charge in [-0.05, 0) is 81.9 Å². The van der Waals surface area contributed by atoms with E-state index in [1.165, 1.54) is 13.0 Å². The fourth-order valence-corrected chi connectivity index (χ4v) is 4.32. The van der Waals surface area contributed by atoms with Gasteiger partial charge in [0.25, 0.3) is 0 Å². The van der Waals surface area contributed by atoms with E-state index in [0.29, 0.717) is 13.1 Å². The zero-order valence-corrected chi connectivity index (χ0v) is 16.4. The SMILES string of the molecule is Cc1ccc(C2CC3(CCN(C(=O)OC(C)(C)C)CC3)C2)cc1C(F)(F)F. The van der Waals surface area contributed by atoms with Gasteiger partial charge in [0.1, 0.15) is 5.60 Å². The second-order valence-corrected chi connectivity index (χ2v) is 9.14. The molecule has 1 aromatic carbocycles. The van der Waals surface area contributed by atoms with Crippen LogP contribution in [0.3, 0.4) is 0 Å². The van der Waals surface area contributed by atoms with Gasteiger partial charge in [0.05, 0.1) is 5.56 Å². The molecule has 0 N–H and O–H groups in total. The van der Waals surface area contributed by atoms with E-state index in [1.807, 2.05) is 26.8 Å². The Labute approximate surface area is 158 Å². The summed E-state index contributed by atoms with van der Waals surface area (Å²) in [6.07, 6.45) is -1.01. The Morgan fingerprint density at radius 1 is 1.15 bits per heavy atom. The smallest absolute Gasteiger partial charge is 0.416 e. The number of likely N-dealkylation sites (tertiary alicyclic amines) is 1. The highest BCUT2D eigenvalue weighted by molar-refractivity contribution is 5.68. The summed E-state index contributed by atoms with van der Waals surface area (Å²) in [6.45, 7) is 8.37. The maximum atomic E-state index is 13.1. The first-order chi connectivity index (χ1) is 12.4. The average Bonchev–Trinajstić information content (AvgIpc) is 2.50. The van der Waals surface area contributed by atoms with Gasteiger partial charge in [-0.2, -0.15) is 13.2 Å². The molecular weight excluding hydrogens is 355 g/mol. The van der Waals surface area contributed by atoms with Crippen molar-refractivity contribution >= 4 is 6.09 Å². The van der Waals surface area contributed by atoms with Crippen molar-refractivity contribution < 1.29 is 22.7 Å². The van der Waals surface area contributed by atoms with Crippen LogP contribution in [-0.4, -0.2) is 29.7 Å². The second kappa shape index (κ2) is 6.71. The van der Waals surface area contributed by atoms with Crippen LogP contribution in [0.25, 0.3) is 0 Å². The lowest BCUT2D eigenvalue weighted by Crippen LogP contribution is -2.49. The summed E-state index contributed by atoms with van der Waals surface area (Å²) in [6, 6.07) is 4.73. The topological polar surface area (TPSA) is 29.5 Å². The van der Waals surface area contributed by atoms with Gasteiger partial charge in [0.2, 0.25) is 0 Å². The number of ether oxygens (including phenoxy) is 1. The second-order valence-electron chi connectivity index (χ2n) is 9.14. The Hall–Kier alpha value is -1.72. The molecule has 1 aliphatic carbocycles. The highest BCUT2D eigenvalue weighted by Gasteiger charge is 2.47. The molecule has 0 aromatic heterocycles. The third-order valence-electron chi connectivity index (χ3n) is 5.87. The van der Waals surface area contributed by atoms with Crippen LogP contribution < -0.4 is 0 Å². The number of aryl methyl sites for hydroxylation is 1. The Bertz CT molecular complexity index is 705. The largest absolute Gasteiger partial charge is 0.444 e. The molecule has 2 fully saturated rings. The number of alkyl halides is 3. The summed E-state index contributed by atoms with van der Waals surface area (Å²) < 4.78 is 44.9. The minimum absolute atomic E-state index is 0.159. The van der Waals surface area contributed by atoms with Crippen LogP contribution >= 0.6 is 0 Å². The number of rotatable bonds is 1. The molecule has 1 aromatic rings. The number of nitrogens with zero attached hydrogens (tertiary/aromatic N) is 1. The number of piperidine rings is 1. The number of hydrogen-bond acceptors (Lipinski definition) is 2. The summed E-state index contributed by atoms with van der Waals surface area (Å²) in [5.74, 6) is 0.180. The number of carbonyl (C=O) groups is 1. The molecule has 2 aliphatic rings. The number of amides is 1. The summed E-state index contributed by atoms with van der Waals surface area (Å²) in [7, 11) is 0. The van der Waals surface area contributed by atoms with Crippen LogP contribution in [0, 0.1) is 12.3 Å². The Balaban J connectivity index is 1.58. The van der Waals surface area contributed by atoms with E-state index in [2.05, 4.69) is 0 Å². The zero-order chi connectivity index (χ0) is 20.0. The van der Waals surface area contributed by atoms with Crippen molar-refractivity contribution in [2.75, 3.05) is 13.1 Å². The molecule has 3 rings (SSSR count). The molecule has 0 unspecified atom stereocenters. The summed E-state index contributed by atoms with van der Waals surface area (Å²) in [4.78, 5) is 13.9. The highest BCUT2D eigenvalue weighted by atomic mass is 19.4. The number of carbonyl (C=O) groups excluding carboxylic acids is 1. The van der Waals surface area contributed by atoms with Crippen LogP contribution in [0.4, 0.5) is 18.0 Å². The maximum Gasteiger partial charge on any atom is 0.416 e. The highest BCUT2D eigenvalue weighted by Crippen LogP contribution is 2.57. The maximum absolute atomic E-state index is 13.1. The molecule has 27 heavy (non-hydrogen) atoms. The van der Waals surface area contributed by atoms with Crippen molar-refractivity contribution in [3.8, 4) is 0 Å². The molecule has 0 atom stereocenters. The number of benzene rings is 1. The molecule has 0 radical (unpaired) electrons. The number of halogens is 3. The fourth-order valence-electron chi connectivity index (χ4n) is 4.32. The Morgan fingerprint density at radius 2 is 1.74 bits per heavy atom. The van der Waals surface area contributed by atoms with Gasteiger partial charge in [0, 0.05) is 13.1 Å². The van der Waals surface area contributed by atoms with Crippen LogP contribution in [0.1, 0.15) is 69.1 Å². The summed E-state index contributed by atoms with van der Waals surface area (Å²) >= 11 is 0. The van der Waals surface area contributed by atoms with Crippen LogP contribution in [-0.2, 0) is 10.9 Å². The van der Waals surface area contributed by atoms with Crippen LogP contribution in [0.15, 0.2) is 18.2 Å². The third-order valence-corrected chi connectivity index (χ3v) is 5.87. The first-order valence-corrected chi connectivity index (χ1v) is 9.54. The zero-order valence-electron chi connectivity index (χ0n) is 16.4. The van der Waals surface area contributed by atoms with E-state index in [0.717, 1.165) is 31.2 Å². The van der Waals surface area contributed by atoms with Crippen molar-refractivity contribution in [1.82, 2.24) is 4.90 Å². The number of hydrogen-bond donors (Lipinski definition) is 0. The third kappa shape index (κ3) is 4.41. The molecule has 1 saturated heterocycles. The van der Waals surface area contributed by atoms with Gasteiger partial charge >= 0.3 is 12.3 Å². The average molecular weight is 383 g/mol. The monoisotopic (exact) mass is 383 g/mol. The molecule has 6 heteroatoms. The van der Waals surface area contributed by atoms with Gasteiger partial charge in [-0.3, -0.25) is 0 Å². The van der Waals surface area contributed by atoms with E-state index in [1.54, 1.807) is 11.0 Å². The van der Waals surface area contributed by atoms with E-state index in [-0.39, 0.29) is 23.0 Å². The van der Waals surface area contributed by atoms with Gasteiger partial charge in [0.15, 0.2) is 0 Å². The molecule has 150 valence electrons. The van der Waals surface area contributed by atoms with E-state index in [4.69, 9.17) is 4.74 Å². The lowest BCUT2D eigenvalue weighted by molar-refractivity contribution is -0.138. The van der Waals surface area contributed by atoms with Gasteiger partial charge in [-0.15, -0.1) is 0 Å². The molecule has 0 bridgehead atoms. The first kappa shape index (κ1) is 20.0. The lowest BCUT2D eigenvalue weighted by Gasteiger charge is -2.52. The lowest BCUT2D eigenvalue weighted by atomic mass is 9.56. The molecule has 1 saturated carbocycles. The van der Waals surface area contributed by atoms with Crippen LogP contribution in [0.5, 0.6) is 0 Å². The van der Waals surface area contributed by atoms with Crippen LogP contribution in [0.2, 0.25) is 0 Å². The first-order valence-electron chi connectivity index (χ1n) is 9.54. The molecular formula is C21H28F3NO2. The normalized spacial score (nSPS) is 20.5. The molecule has 3 nitrogen and oxygen atoms in total. The molecule has 1 aliphatic heterocycles. The minimum Gasteiger partial charge on any atom is -0.444 e. The van der Waals surface area contributed by atoms with Crippen molar-refractivity contribution in [2.24, 2.45) is 5.41 Å². The Morgan fingerprint density at radius 3 is 2.26 bits per heavy atom. The van der Waals surface area contributed by atoms with Crippen molar-refractivity contribution in [2.45, 2.75) is 71.1 Å². The van der Waals surface area contributed by atoms with E-state index < -0.39 is 17.3 Å². The standard InChI is InChI=1S/C21H28F3NO2/c1-14-5-6-15(11-17(14)21(22,23)24)16-12-20(13-16)7-9-25(10-8-20)18(26)27-19(2,3)4/h5-6,11,16H,7-10,12-13H2,1-4H3.